The molecule has 1 aliphatic heterocycles. The van der Waals surface area contributed by atoms with Crippen molar-refractivity contribution in [3.8, 4) is 6.07 Å². The Morgan fingerprint density at radius 2 is 2.20 bits per heavy atom. The molecule has 1 fully saturated rings. The van der Waals surface area contributed by atoms with Crippen molar-refractivity contribution >= 4 is 23.2 Å². The van der Waals surface area contributed by atoms with Crippen LogP contribution in [0.4, 0.5) is 5.69 Å². The van der Waals surface area contributed by atoms with Crippen molar-refractivity contribution in [2.45, 2.75) is 19.8 Å². The van der Waals surface area contributed by atoms with Gasteiger partial charge < -0.3 is 10.2 Å². The zero-order valence-electron chi connectivity index (χ0n) is 11.6. The average Bonchev–Trinajstić information content (AvgIpc) is 2.41. The van der Waals surface area contributed by atoms with E-state index in [9.17, 15) is 4.79 Å². The number of carbonyl (C=O) groups excluding carboxylic acids is 1. The predicted molar refractivity (Wildman–Crippen MR) is 78.8 cm³/mol. The number of piperidine rings is 1. The molecular weight excluding hydrogens is 274 g/mol. The maximum absolute atomic E-state index is 12.1. The van der Waals surface area contributed by atoms with Crippen LogP contribution in [0.2, 0.25) is 5.02 Å². The van der Waals surface area contributed by atoms with E-state index in [0.717, 1.165) is 19.0 Å². The first-order chi connectivity index (χ1) is 9.58. The van der Waals surface area contributed by atoms with Gasteiger partial charge in [0.25, 0.3) is 5.91 Å². The summed E-state index contributed by atoms with van der Waals surface area (Å²) in [6, 6.07) is 6.94. The Balaban J connectivity index is 1.95. The molecule has 1 aromatic rings. The Morgan fingerprint density at radius 3 is 2.85 bits per heavy atom. The van der Waals surface area contributed by atoms with Gasteiger partial charge in [-0.3, -0.25) is 4.79 Å². The molecule has 2 N–H and O–H groups in total. The highest BCUT2D eigenvalue weighted by molar-refractivity contribution is 6.31. The predicted octanol–water partition coefficient (Wildman–Crippen LogP) is 1.46. The van der Waals surface area contributed by atoms with Crippen LogP contribution in [-0.4, -0.2) is 25.5 Å². The van der Waals surface area contributed by atoms with E-state index in [0.29, 0.717) is 22.8 Å². The molecular formula is C15H19ClN3O+. The molecule has 1 aliphatic rings. The summed E-state index contributed by atoms with van der Waals surface area (Å²) in [4.78, 5) is 13.4. The molecule has 0 saturated carbocycles. The molecule has 0 radical (unpaired) electrons. The molecule has 20 heavy (non-hydrogen) atoms. The number of halogens is 1. The van der Waals surface area contributed by atoms with Crippen LogP contribution in [0.3, 0.4) is 0 Å². The monoisotopic (exact) mass is 292 g/mol. The molecule has 4 nitrogen and oxygen atoms in total. The lowest BCUT2D eigenvalue weighted by Gasteiger charge is -2.26. The fourth-order valence-corrected chi connectivity index (χ4v) is 2.66. The summed E-state index contributed by atoms with van der Waals surface area (Å²) >= 11 is 5.90. The van der Waals surface area contributed by atoms with Crippen LogP contribution >= 0.6 is 11.6 Å². The van der Waals surface area contributed by atoms with Gasteiger partial charge in [0, 0.05) is 5.02 Å². The lowest BCUT2D eigenvalue weighted by molar-refractivity contribution is -0.897. The van der Waals surface area contributed by atoms with Gasteiger partial charge in [-0.2, -0.15) is 5.26 Å². The molecule has 5 heteroatoms. The van der Waals surface area contributed by atoms with E-state index in [-0.39, 0.29) is 5.91 Å². The van der Waals surface area contributed by atoms with Gasteiger partial charge in [0.2, 0.25) is 0 Å². The number of rotatable bonds is 3. The molecule has 0 spiro atoms. The molecule has 106 valence electrons. The number of hydrogen-bond acceptors (Lipinski definition) is 2. The van der Waals surface area contributed by atoms with Gasteiger partial charge in [0.15, 0.2) is 6.54 Å². The van der Waals surface area contributed by atoms with Gasteiger partial charge in [-0.15, -0.1) is 0 Å². The van der Waals surface area contributed by atoms with Crippen molar-refractivity contribution in [3.05, 3.63) is 28.8 Å². The second-order valence-corrected chi connectivity index (χ2v) is 5.90. The molecule has 2 rings (SSSR count). The number of carbonyl (C=O) groups is 1. The first-order valence-corrected chi connectivity index (χ1v) is 7.29. The molecule has 1 heterocycles. The highest BCUT2D eigenvalue weighted by Gasteiger charge is 2.21. The largest absolute Gasteiger partial charge is 0.327 e. The smallest absolute Gasteiger partial charge is 0.279 e. The summed E-state index contributed by atoms with van der Waals surface area (Å²) in [5.74, 6) is 0.702. The molecule has 0 aromatic heterocycles. The fraction of sp³-hybridized carbons (Fsp3) is 0.467. The molecule has 1 aromatic carbocycles. The van der Waals surface area contributed by atoms with E-state index in [4.69, 9.17) is 16.9 Å². The van der Waals surface area contributed by atoms with Gasteiger partial charge in [-0.05, 0) is 37.0 Å². The number of likely N-dealkylation sites (tertiary alicyclic amines) is 1. The number of anilines is 1. The molecule has 0 unspecified atom stereocenters. The summed E-state index contributed by atoms with van der Waals surface area (Å²) in [7, 11) is 0. The zero-order valence-corrected chi connectivity index (χ0v) is 12.3. The average molecular weight is 293 g/mol. The first-order valence-electron chi connectivity index (χ1n) is 6.91. The van der Waals surface area contributed by atoms with E-state index in [1.807, 2.05) is 0 Å². The van der Waals surface area contributed by atoms with E-state index >= 15 is 0 Å². The Hall–Kier alpha value is -1.57. The van der Waals surface area contributed by atoms with Gasteiger partial charge in [0.05, 0.1) is 24.3 Å². The van der Waals surface area contributed by atoms with Crippen molar-refractivity contribution < 1.29 is 9.69 Å². The first kappa shape index (κ1) is 14.8. The third-order valence-electron chi connectivity index (χ3n) is 3.77. The van der Waals surface area contributed by atoms with Crippen LogP contribution in [0, 0.1) is 17.2 Å². The Kier molecular flexibility index (Phi) is 4.99. The minimum atomic E-state index is -0.0617. The summed E-state index contributed by atoms with van der Waals surface area (Å²) in [5.41, 5.74) is 0.930. The fourth-order valence-electron chi connectivity index (χ4n) is 2.49. The van der Waals surface area contributed by atoms with Crippen molar-refractivity contribution in [2.24, 2.45) is 5.92 Å². The number of hydrogen-bond donors (Lipinski definition) is 2. The zero-order chi connectivity index (χ0) is 14.5. The van der Waals surface area contributed by atoms with Crippen molar-refractivity contribution in [1.82, 2.24) is 0 Å². The highest BCUT2D eigenvalue weighted by atomic mass is 35.5. The molecule has 0 atom stereocenters. The maximum atomic E-state index is 12.1. The van der Waals surface area contributed by atoms with E-state index < -0.39 is 0 Å². The van der Waals surface area contributed by atoms with Gasteiger partial charge in [-0.25, -0.2) is 0 Å². The van der Waals surface area contributed by atoms with E-state index in [1.165, 1.54) is 17.7 Å². The van der Waals surface area contributed by atoms with Crippen LogP contribution < -0.4 is 10.2 Å². The van der Waals surface area contributed by atoms with Crippen LogP contribution in [0.1, 0.15) is 25.3 Å². The number of nitrogens with one attached hydrogen (secondary N) is 2. The summed E-state index contributed by atoms with van der Waals surface area (Å²) in [6.07, 6.45) is 2.34. The summed E-state index contributed by atoms with van der Waals surface area (Å²) in [6.45, 7) is 4.77. The molecule has 1 amide bonds. The second-order valence-electron chi connectivity index (χ2n) is 5.46. The second kappa shape index (κ2) is 6.74. The third kappa shape index (κ3) is 3.96. The van der Waals surface area contributed by atoms with Gasteiger partial charge in [0.1, 0.15) is 6.07 Å². The topological polar surface area (TPSA) is 57.3 Å². The van der Waals surface area contributed by atoms with Gasteiger partial charge in [-0.1, -0.05) is 18.5 Å². The Bertz CT molecular complexity index is 530. The Morgan fingerprint density at radius 1 is 1.50 bits per heavy atom. The Labute approximate surface area is 124 Å². The number of amides is 1. The van der Waals surface area contributed by atoms with Crippen LogP contribution in [0.15, 0.2) is 18.2 Å². The lowest BCUT2D eigenvalue weighted by Crippen LogP contribution is -3.14. The molecule has 0 aliphatic carbocycles. The number of nitrogens with zero attached hydrogens (tertiary/aromatic N) is 1. The normalized spacial score (nSPS) is 22.1. The van der Waals surface area contributed by atoms with Crippen molar-refractivity contribution in [2.75, 3.05) is 25.0 Å². The quantitative estimate of drug-likeness (QED) is 0.886. The minimum absolute atomic E-state index is 0.0617. The highest BCUT2D eigenvalue weighted by Crippen LogP contribution is 2.20. The van der Waals surface area contributed by atoms with Crippen LogP contribution in [0.25, 0.3) is 0 Å². The standard InChI is InChI=1S/C15H18ClN3O/c1-11-4-6-19(7-5-11)10-15(20)18-14-8-13(16)3-2-12(14)9-17/h2-3,8,11H,4-7,10H2,1H3,(H,18,20)/p+1. The van der Waals surface area contributed by atoms with E-state index in [2.05, 4.69) is 18.3 Å². The van der Waals surface area contributed by atoms with Crippen LogP contribution in [-0.2, 0) is 4.79 Å². The van der Waals surface area contributed by atoms with Gasteiger partial charge >= 0.3 is 0 Å². The number of benzene rings is 1. The van der Waals surface area contributed by atoms with Crippen molar-refractivity contribution in [3.63, 3.8) is 0 Å². The minimum Gasteiger partial charge on any atom is -0.327 e. The summed E-state index contributed by atoms with van der Waals surface area (Å²) < 4.78 is 0. The number of nitriles is 1. The van der Waals surface area contributed by atoms with E-state index in [1.54, 1.807) is 18.2 Å². The molecule has 0 bridgehead atoms. The molecule has 1 saturated heterocycles. The maximum Gasteiger partial charge on any atom is 0.279 e. The summed E-state index contributed by atoms with van der Waals surface area (Å²) in [5, 5.41) is 12.3. The van der Waals surface area contributed by atoms with Crippen LogP contribution in [0.5, 0.6) is 0 Å². The number of quaternary nitrogens is 1. The third-order valence-corrected chi connectivity index (χ3v) is 4.00. The SMILES string of the molecule is CC1CC[NH+](CC(=O)Nc2cc(Cl)ccc2C#N)CC1. The lowest BCUT2D eigenvalue weighted by atomic mass is 9.99. The van der Waals surface area contributed by atoms with Crippen molar-refractivity contribution in [1.29, 1.82) is 5.26 Å².